The zero-order chi connectivity index (χ0) is 42.4. The Bertz CT molecular complexity index is 922. The first-order chi connectivity index (χ1) is 23.1. The minimum absolute atomic E-state index is 0.0995. The van der Waals surface area contributed by atoms with Crippen LogP contribution in [0.4, 0.5) is 30.7 Å². The molecule has 0 aliphatic heterocycles. The number of esters is 4. The van der Waals surface area contributed by atoms with E-state index >= 15 is 0 Å². The van der Waals surface area contributed by atoms with Gasteiger partial charge in [-0.3, -0.25) is 19.2 Å². The zero-order valence-electron chi connectivity index (χ0n) is 34.2. The average Bonchev–Trinajstić information content (AvgIpc) is 3.00. The van der Waals surface area contributed by atoms with Crippen molar-refractivity contribution in [1.82, 2.24) is 0 Å². The summed E-state index contributed by atoms with van der Waals surface area (Å²) >= 11 is 0. The summed E-state index contributed by atoms with van der Waals surface area (Å²) in [6.45, 7) is 24.4. The number of alkyl halides is 7. The maximum atomic E-state index is 12.4. The van der Waals surface area contributed by atoms with Crippen LogP contribution in [0.3, 0.4) is 0 Å². The zero-order valence-corrected chi connectivity index (χ0v) is 34.2. The van der Waals surface area contributed by atoms with Gasteiger partial charge in [0.05, 0.1) is 54.5 Å². The number of hydrogen-bond donors (Lipinski definition) is 0. The van der Waals surface area contributed by atoms with Gasteiger partial charge in [0.2, 0.25) is 11.8 Å². The largest absolute Gasteiger partial charge is 0.466 e. The van der Waals surface area contributed by atoms with Crippen LogP contribution in [0.15, 0.2) is 0 Å². The van der Waals surface area contributed by atoms with Crippen LogP contribution in [0, 0.1) is 21.7 Å². The summed E-state index contributed by atoms with van der Waals surface area (Å²) in [6.07, 6.45) is -3.56. The minimum Gasteiger partial charge on any atom is -0.466 e. The van der Waals surface area contributed by atoms with E-state index in [2.05, 4.69) is 4.74 Å². The van der Waals surface area contributed by atoms with Crippen molar-refractivity contribution in [3.63, 3.8) is 0 Å². The molecule has 0 radical (unpaired) electrons. The van der Waals surface area contributed by atoms with Crippen molar-refractivity contribution in [2.45, 2.75) is 167 Å². The first-order valence-electron chi connectivity index (χ1n) is 17.6. The van der Waals surface area contributed by atoms with Crippen molar-refractivity contribution in [1.29, 1.82) is 0 Å². The Balaban J connectivity index is -0.000000298. The van der Waals surface area contributed by atoms with Crippen molar-refractivity contribution >= 4 is 23.9 Å². The van der Waals surface area contributed by atoms with Crippen LogP contribution in [-0.2, 0) is 38.1 Å². The quantitative estimate of drug-likeness (QED) is 0.0817. The molecule has 0 spiro atoms. The van der Waals surface area contributed by atoms with Gasteiger partial charge < -0.3 is 18.9 Å². The molecule has 0 aliphatic rings. The van der Waals surface area contributed by atoms with Crippen LogP contribution < -0.4 is 0 Å². The van der Waals surface area contributed by atoms with E-state index in [1.165, 1.54) is 0 Å². The Morgan fingerprint density at radius 3 is 0.769 bits per heavy atom. The van der Waals surface area contributed by atoms with Gasteiger partial charge in [0.15, 0.2) is 0 Å². The first-order valence-corrected chi connectivity index (χ1v) is 17.6. The lowest BCUT2D eigenvalue weighted by molar-refractivity contribution is -0.166. The van der Waals surface area contributed by atoms with E-state index in [-0.39, 0.29) is 24.6 Å². The van der Waals surface area contributed by atoms with Gasteiger partial charge in [0.1, 0.15) is 0 Å². The van der Waals surface area contributed by atoms with Gasteiger partial charge in [0.25, 0.3) is 0 Å². The maximum absolute atomic E-state index is 12.4. The fraction of sp³-hybridized carbons (Fsp3) is 0.892. The Kier molecular flexibility index (Phi) is 26.6. The summed E-state index contributed by atoms with van der Waals surface area (Å²) < 4.78 is 103. The first kappa shape index (κ1) is 56.1. The fourth-order valence-corrected chi connectivity index (χ4v) is 2.40. The van der Waals surface area contributed by atoms with Crippen molar-refractivity contribution in [2.24, 2.45) is 21.7 Å². The van der Waals surface area contributed by atoms with Gasteiger partial charge in [-0.1, -0.05) is 27.7 Å². The third-order valence-electron chi connectivity index (χ3n) is 8.19. The fourth-order valence-electron chi connectivity index (χ4n) is 2.40. The lowest BCUT2D eigenvalue weighted by Gasteiger charge is -2.20. The van der Waals surface area contributed by atoms with Gasteiger partial charge >= 0.3 is 30.1 Å². The van der Waals surface area contributed by atoms with Gasteiger partial charge in [-0.2, -0.15) is 13.2 Å². The third kappa shape index (κ3) is 31.0. The van der Waals surface area contributed by atoms with Gasteiger partial charge in [-0.05, 0) is 102 Å². The molecule has 0 amide bonds. The van der Waals surface area contributed by atoms with E-state index in [1.807, 2.05) is 41.5 Å². The Labute approximate surface area is 307 Å². The molecule has 0 atom stereocenters. The van der Waals surface area contributed by atoms with Gasteiger partial charge in [-0.15, -0.1) is 0 Å². The molecule has 0 aromatic heterocycles. The van der Waals surface area contributed by atoms with Gasteiger partial charge in [-0.25, -0.2) is 17.6 Å². The summed E-state index contributed by atoms with van der Waals surface area (Å²) in [7, 11) is 0. The molecule has 0 saturated carbocycles. The molecule has 0 saturated heterocycles. The molecule has 0 aromatic carbocycles. The van der Waals surface area contributed by atoms with E-state index in [0.717, 1.165) is 20.3 Å². The molecule has 0 rings (SSSR count). The van der Waals surface area contributed by atoms with Crippen molar-refractivity contribution in [3.05, 3.63) is 0 Å². The molecule has 0 N–H and O–H groups in total. The van der Waals surface area contributed by atoms with Crippen LogP contribution in [-0.4, -0.2) is 68.3 Å². The van der Waals surface area contributed by atoms with E-state index < -0.39 is 78.0 Å². The van der Waals surface area contributed by atoms with E-state index in [4.69, 9.17) is 14.2 Å². The molecule has 52 heavy (non-hydrogen) atoms. The van der Waals surface area contributed by atoms with Gasteiger partial charge in [0, 0.05) is 12.8 Å². The normalized spacial score (nSPS) is 12.4. The molecule has 0 aromatic rings. The summed E-state index contributed by atoms with van der Waals surface area (Å²) in [6, 6.07) is 0. The Morgan fingerprint density at radius 1 is 0.385 bits per heavy atom. The lowest BCUT2D eigenvalue weighted by Crippen LogP contribution is -2.27. The standard InChI is InChI=1S/2C10H18F2O2.C9H15F3O2.C8H16O2/c2*1-5-9(2,3)8(13)14-7-6-10(4,11)12;1-4-8(2,3)7(13)14-6-5-9(10,11)12;1-5-8(3,4)7(9)10-6-2/h2*5-7H2,1-4H3;4-6H2,1-3H3;5-6H2,1-4H3. The number of halogens is 7. The molecule has 0 bridgehead atoms. The maximum Gasteiger partial charge on any atom is 0.392 e. The topological polar surface area (TPSA) is 105 Å². The Hall–Kier alpha value is -2.61. The monoisotopic (exact) mass is 772 g/mol. The molecule has 312 valence electrons. The second-order valence-corrected chi connectivity index (χ2v) is 15.1. The predicted octanol–water partition coefficient (Wildman–Crippen LogP) is 10.9. The number of carbonyl (C=O) groups excluding carboxylic acids is 4. The van der Waals surface area contributed by atoms with E-state index in [0.29, 0.717) is 25.9 Å². The molecule has 0 heterocycles. The second-order valence-electron chi connectivity index (χ2n) is 15.1. The smallest absolute Gasteiger partial charge is 0.392 e. The summed E-state index contributed by atoms with van der Waals surface area (Å²) in [5, 5.41) is 0. The van der Waals surface area contributed by atoms with Crippen LogP contribution in [0.25, 0.3) is 0 Å². The average molecular weight is 773 g/mol. The highest BCUT2D eigenvalue weighted by atomic mass is 19.4. The highest BCUT2D eigenvalue weighted by Crippen LogP contribution is 2.26. The van der Waals surface area contributed by atoms with Crippen molar-refractivity contribution in [3.8, 4) is 0 Å². The number of ether oxygens (including phenoxy) is 4. The SMILES string of the molecule is CCC(C)(C)C(=O)OCCC(C)(F)F.CCC(C)(C)C(=O)OCCC(C)(F)F.CCC(C)(C)C(=O)OCCC(F)(F)F.CCOC(=O)C(C)(C)CC. The minimum atomic E-state index is -4.27. The Morgan fingerprint density at radius 2 is 0.596 bits per heavy atom. The molecule has 8 nitrogen and oxygen atoms in total. The van der Waals surface area contributed by atoms with Crippen LogP contribution in [0.2, 0.25) is 0 Å². The third-order valence-corrected chi connectivity index (χ3v) is 8.19. The predicted molar refractivity (Wildman–Crippen MR) is 187 cm³/mol. The van der Waals surface area contributed by atoms with E-state index in [1.54, 1.807) is 48.5 Å². The van der Waals surface area contributed by atoms with Crippen molar-refractivity contribution in [2.75, 3.05) is 26.4 Å². The molecule has 0 fully saturated rings. The number of rotatable bonds is 17. The van der Waals surface area contributed by atoms with Crippen LogP contribution >= 0.6 is 0 Å². The molecule has 15 heteroatoms. The van der Waals surface area contributed by atoms with Crippen LogP contribution in [0.1, 0.15) is 149 Å². The number of carbonyl (C=O) groups is 4. The number of hydrogen-bond acceptors (Lipinski definition) is 8. The molecular formula is C37H67F7O8. The highest BCUT2D eigenvalue weighted by Gasteiger charge is 2.32. The molecular weight excluding hydrogens is 705 g/mol. The van der Waals surface area contributed by atoms with Crippen LogP contribution in [0.5, 0.6) is 0 Å². The summed E-state index contributed by atoms with van der Waals surface area (Å²) in [5.74, 6) is -7.04. The highest BCUT2D eigenvalue weighted by molar-refractivity contribution is 5.77. The second kappa shape index (κ2) is 24.7. The van der Waals surface area contributed by atoms with Crippen molar-refractivity contribution < 1.29 is 68.9 Å². The molecule has 0 unspecified atom stereocenters. The van der Waals surface area contributed by atoms with E-state index in [9.17, 15) is 49.9 Å². The summed E-state index contributed by atoms with van der Waals surface area (Å²) in [4.78, 5) is 44.9. The lowest BCUT2D eigenvalue weighted by atomic mass is 9.91. The summed E-state index contributed by atoms with van der Waals surface area (Å²) in [5.41, 5.74) is -2.17. The molecule has 0 aliphatic carbocycles.